The van der Waals surface area contributed by atoms with Crippen molar-refractivity contribution in [1.29, 1.82) is 0 Å². The smallest absolute Gasteiger partial charge is 0.138 e. The molecule has 0 aromatic heterocycles. The van der Waals surface area contributed by atoms with Crippen LogP contribution in [0.2, 0.25) is 5.02 Å². The van der Waals surface area contributed by atoms with Gasteiger partial charge in [0.25, 0.3) is 0 Å². The molecule has 1 atom stereocenters. The summed E-state index contributed by atoms with van der Waals surface area (Å²) in [6.45, 7) is 6.44. The molecule has 2 nitrogen and oxygen atoms in total. The lowest BCUT2D eigenvalue weighted by molar-refractivity contribution is -0.118. The molecule has 0 spiro atoms. The molecule has 1 aromatic rings. The molecule has 16 heavy (non-hydrogen) atoms. The molecule has 0 amide bonds. The highest BCUT2D eigenvalue weighted by Crippen LogP contribution is 2.19. The first kappa shape index (κ1) is 13.2. The van der Waals surface area contributed by atoms with Gasteiger partial charge in [-0.25, -0.2) is 0 Å². The normalized spacial score (nSPS) is 12.8. The van der Waals surface area contributed by atoms with Gasteiger partial charge in [-0.05, 0) is 24.6 Å². The van der Waals surface area contributed by atoms with Gasteiger partial charge in [0.15, 0.2) is 0 Å². The molecule has 1 N–H and O–H groups in total. The maximum atomic E-state index is 11.6. The molecule has 0 saturated carbocycles. The quantitative estimate of drug-likeness (QED) is 0.856. The van der Waals surface area contributed by atoms with Gasteiger partial charge in [-0.1, -0.05) is 37.6 Å². The first-order valence-corrected chi connectivity index (χ1v) is 5.87. The van der Waals surface area contributed by atoms with Crippen molar-refractivity contribution in [3.05, 3.63) is 34.9 Å². The van der Waals surface area contributed by atoms with Crippen LogP contribution < -0.4 is 5.32 Å². The van der Waals surface area contributed by atoms with Crippen LogP contribution in [-0.4, -0.2) is 18.4 Å². The van der Waals surface area contributed by atoms with Gasteiger partial charge in [0, 0.05) is 17.6 Å². The summed E-state index contributed by atoms with van der Waals surface area (Å²) in [6.07, 6.45) is 0. The van der Waals surface area contributed by atoms with E-state index in [1.54, 1.807) is 6.92 Å². The molecule has 0 heterocycles. The van der Waals surface area contributed by atoms with Crippen molar-refractivity contribution in [2.24, 2.45) is 0 Å². The largest absolute Gasteiger partial charge is 0.313 e. The Morgan fingerprint density at radius 3 is 2.31 bits per heavy atom. The topological polar surface area (TPSA) is 29.1 Å². The van der Waals surface area contributed by atoms with E-state index in [9.17, 15) is 4.79 Å². The molecule has 0 saturated heterocycles. The molecule has 88 valence electrons. The highest BCUT2D eigenvalue weighted by molar-refractivity contribution is 6.30. The molecule has 0 aliphatic carbocycles. The summed E-state index contributed by atoms with van der Waals surface area (Å²) >= 11 is 5.82. The van der Waals surface area contributed by atoms with E-state index < -0.39 is 0 Å². The van der Waals surface area contributed by atoms with Crippen LogP contribution >= 0.6 is 11.6 Å². The molecule has 0 fully saturated rings. The standard InChI is InChI=1S/C13H18ClNO/c1-9(2)15-8-13(10(3)16)11-4-6-12(14)7-5-11/h4-7,9,13,15H,8H2,1-3H3/t13-/m0/s1. The summed E-state index contributed by atoms with van der Waals surface area (Å²) in [5.41, 5.74) is 1.02. The number of carbonyl (C=O) groups excluding carboxylic acids is 1. The van der Waals surface area contributed by atoms with Crippen molar-refractivity contribution in [2.75, 3.05) is 6.54 Å². The minimum absolute atomic E-state index is 0.0836. The van der Waals surface area contributed by atoms with Gasteiger partial charge in [-0.3, -0.25) is 4.79 Å². The van der Waals surface area contributed by atoms with Gasteiger partial charge in [-0.2, -0.15) is 0 Å². The van der Waals surface area contributed by atoms with Crippen molar-refractivity contribution >= 4 is 17.4 Å². The van der Waals surface area contributed by atoms with Crippen LogP contribution in [0.4, 0.5) is 0 Å². The number of Topliss-reactive ketones (excluding diaryl/α,β-unsaturated/α-hetero) is 1. The number of hydrogen-bond acceptors (Lipinski definition) is 2. The lowest BCUT2D eigenvalue weighted by atomic mass is 9.95. The van der Waals surface area contributed by atoms with Crippen LogP contribution in [0.3, 0.4) is 0 Å². The van der Waals surface area contributed by atoms with Gasteiger partial charge in [0.2, 0.25) is 0 Å². The van der Waals surface area contributed by atoms with E-state index in [4.69, 9.17) is 11.6 Å². The lowest BCUT2D eigenvalue weighted by Gasteiger charge is -2.17. The molecule has 1 aromatic carbocycles. The van der Waals surface area contributed by atoms with E-state index in [-0.39, 0.29) is 11.7 Å². The summed E-state index contributed by atoms with van der Waals surface area (Å²) < 4.78 is 0. The third kappa shape index (κ3) is 3.95. The van der Waals surface area contributed by atoms with Crippen molar-refractivity contribution in [3.63, 3.8) is 0 Å². The minimum atomic E-state index is -0.0836. The second-order valence-corrected chi connectivity index (χ2v) is 4.71. The second kappa shape index (κ2) is 6.02. The molecule has 0 unspecified atom stereocenters. The average Bonchev–Trinajstić information content (AvgIpc) is 2.20. The van der Waals surface area contributed by atoms with E-state index in [0.717, 1.165) is 5.56 Å². The molecule has 1 rings (SSSR count). The summed E-state index contributed by atoms with van der Waals surface area (Å²) in [4.78, 5) is 11.6. The summed E-state index contributed by atoms with van der Waals surface area (Å²) in [7, 11) is 0. The highest BCUT2D eigenvalue weighted by atomic mass is 35.5. The Balaban J connectivity index is 2.77. The predicted molar refractivity (Wildman–Crippen MR) is 68.0 cm³/mol. The Morgan fingerprint density at radius 1 is 1.31 bits per heavy atom. The molecule has 0 bridgehead atoms. The Labute approximate surface area is 102 Å². The molecule has 0 aliphatic rings. The zero-order valence-corrected chi connectivity index (χ0v) is 10.7. The van der Waals surface area contributed by atoms with Crippen molar-refractivity contribution in [1.82, 2.24) is 5.32 Å². The molecular formula is C13H18ClNO. The maximum Gasteiger partial charge on any atom is 0.138 e. The molecule has 0 aliphatic heterocycles. The third-order valence-electron chi connectivity index (χ3n) is 2.49. The zero-order chi connectivity index (χ0) is 12.1. The van der Waals surface area contributed by atoms with E-state index in [1.807, 2.05) is 24.3 Å². The van der Waals surface area contributed by atoms with Crippen LogP contribution in [0.1, 0.15) is 32.3 Å². The van der Waals surface area contributed by atoms with Gasteiger partial charge in [-0.15, -0.1) is 0 Å². The fourth-order valence-electron chi connectivity index (χ4n) is 1.54. The van der Waals surface area contributed by atoms with Crippen molar-refractivity contribution in [3.8, 4) is 0 Å². The lowest BCUT2D eigenvalue weighted by Crippen LogP contribution is -2.30. The predicted octanol–water partition coefficient (Wildman–Crippen LogP) is 3.01. The first-order valence-electron chi connectivity index (χ1n) is 5.50. The number of benzene rings is 1. The monoisotopic (exact) mass is 239 g/mol. The van der Waals surface area contributed by atoms with Crippen LogP contribution in [0.5, 0.6) is 0 Å². The van der Waals surface area contributed by atoms with Crippen LogP contribution in [0, 0.1) is 0 Å². The number of rotatable bonds is 5. The van der Waals surface area contributed by atoms with E-state index in [2.05, 4.69) is 19.2 Å². The number of hydrogen-bond donors (Lipinski definition) is 1. The second-order valence-electron chi connectivity index (χ2n) is 4.28. The van der Waals surface area contributed by atoms with E-state index in [1.165, 1.54) is 0 Å². The maximum absolute atomic E-state index is 11.6. The Morgan fingerprint density at radius 2 is 1.88 bits per heavy atom. The number of carbonyl (C=O) groups is 1. The number of halogens is 1. The summed E-state index contributed by atoms with van der Waals surface area (Å²) in [5, 5.41) is 3.98. The Hall–Kier alpha value is -0.860. The fraction of sp³-hybridized carbons (Fsp3) is 0.462. The summed E-state index contributed by atoms with van der Waals surface area (Å²) in [6, 6.07) is 7.85. The third-order valence-corrected chi connectivity index (χ3v) is 2.75. The molecule has 3 heteroatoms. The van der Waals surface area contributed by atoms with Crippen LogP contribution in [0.15, 0.2) is 24.3 Å². The van der Waals surface area contributed by atoms with Gasteiger partial charge >= 0.3 is 0 Å². The van der Waals surface area contributed by atoms with E-state index >= 15 is 0 Å². The fourth-order valence-corrected chi connectivity index (χ4v) is 1.67. The molecule has 0 radical (unpaired) electrons. The average molecular weight is 240 g/mol. The highest BCUT2D eigenvalue weighted by Gasteiger charge is 2.16. The van der Waals surface area contributed by atoms with Crippen LogP contribution in [0.25, 0.3) is 0 Å². The zero-order valence-electron chi connectivity index (χ0n) is 9.96. The minimum Gasteiger partial charge on any atom is -0.313 e. The first-order chi connectivity index (χ1) is 7.50. The van der Waals surface area contributed by atoms with Gasteiger partial charge in [0.05, 0.1) is 5.92 Å². The number of nitrogens with one attached hydrogen (secondary N) is 1. The van der Waals surface area contributed by atoms with Crippen molar-refractivity contribution in [2.45, 2.75) is 32.7 Å². The van der Waals surface area contributed by atoms with Crippen LogP contribution in [-0.2, 0) is 4.79 Å². The van der Waals surface area contributed by atoms with Gasteiger partial charge < -0.3 is 5.32 Å². The molecular weight excluding hydrogens is 222 g/mol. The van der Waals surface area contributed by atoms with Gasteiger partial charge in [0.1, 0.15) is 5.78 Å². The summed E-state index contributed by atoms with van der Waals surface area (Å²) in [5.74, 6) is 0.0927. The Bertz CT molecular complexity index is 345. The van der Waals surface area contributed by atoms with E-state index in [0.29, 0.717) is 17.6 Å². The SMILES string of the molecule is CC(=O)[C@H](CNC(C)C)c1ccc(Cl)cc1. The number of ketones is 1. The van der Waals surface area contributed by atoms with Crippen molar-refractivity contribution < 1.29 is 4.79 Å². The Kier molecular flexibility index (Phi) is 4.97.